The molecule has 0 aromatic carbocycles. The van der Waals surface area contributed by atoms with E-state index in [2.05, 4.69) is 22.9 Å². The molecule has 1 aromatic heterocycles. The fraction of sp³-hybridized carbons (Fsp3) is 0.643. The summed E-state index contributed by atoms with van der Waals surface area (Å²) in [6, 6.07) is 4.20. The number of hydrogen-bond acceptors (Lipinski definition) is 2. The topological polar surface area (TPSA) is 16.1 Å². The Balaban J connectivity index is 0.000000509. The minimum atomic E-state index is 1.15. The zero-order valence-electron chi connectivity index (χ0n) is 11.5. The van der Waals surface area contributed by atoms with Crippen LogP contribution >= 0.6 is 0 Å². The second-order valence-corrected chi connectivity index (χ2v) is 3.39. The summed E-state index contributed by atoms with van der Waals surface area (Å²) in [4.78, 5) is 6.70. The molecule has 1 fully saturated rings. The molecule has 16 heavy (non-hydrogen) atoms. The highest BCUT2D eigenvalue weighted by Gasteiger charge is 2.12. The molecule has 0 aliphatic carbocycles. The minimum Gasteiger partial charge on any atom is -0.357 e. The third-order valence-electron chi connectivity index (χ3n) is 2.33. The van der Waals surface area contributed by atoms with E-state index in [1.807, 2.05) is 40.0 Å². The maximum atomic E-state index is 4.35. The van der Waals surface area contributed by atoms with E-state index in [9.17, 15) is 0 Å². The molecular formula is C14H26N2. The molecule has 2 rings (SSSR count). The largest absolute Gasteiger partial charge is 0.357 e. The molecule has 2 heterocycles. The maximum absolute atomic E-state index is 4.35. The normalized spacial score (nSPS) is 13.4. The molecule has 0 spiro atoms. The second-order valence-electron chi connectivity index (χ2n) is 3.39. The maximum Gasteiger partial charge on any atom is 0.128 e. The lowest BCUT2D eigenvalue weighted by atomic mass is 10.3. The van der Waals surface area contributed by atoms with E-state index in [1.54, 1.807) is 0 Å². The molecule has 0 unspecified atom stereocenters. The zero-order chi connectivity index (χ0) is 12.4. The summed E-state index contributed by atoms with van der Waals surface area (Å²) in [5.41, 5.74) is 1.30. The average Bonchev–Trinajstić information content (AvgIpc) is 2.88. The monoisotopic (exact) mass is 222 g/mol. The van der Waals surface area contributed by atoms with Gasteiger partial charge in [0.15, 0.2) is 0 Å². The number of rotatable bonds is 1. The second kappa shape index (κ2) is 9.20. The molecule has 0 bridgehead atoms. The molecule has 0 atom stereocenters. The van der Waals surface area contributed by atoms with Gasteiger partial charge in [-0.15, -0.1) is 0 Å². The fourth-order valence-electron chi connectivity index (χ4n) is 1.64. The first-order chi connectivity index (χ1) is 7.86. The first kappa shape index (κ1) is 14.9. The molecular weight excluding hydrogens is 196 g/mol. The highest BCUT2D eigenvalue weighted by molar-refractivity contribution is 5.41. The zero-order valence-corrected chi connectivity index (χ0v) is 11.5. The number of nitrogens with zero attached hydrogens (tertiary/aromatic N) is 2. The Kier molecular flexibility index (Phi) is 8.59. The van der Waals surface area contributed by atoms with Crippen molar-refractivity contribution in [3.8, 4) is 0 Å². The lowest BCUT2D eigenvalue weighted by molar-refractivity contribution is 0.935. The lowest BCUT2D eigenvalue weighted by Gasteiger charge is -2.15. The van der Waals surface area contributed by atoms with Crippen molar-refractivity contribution in [2.24, 2.45) is 0 Å². The van der Waals surface area contributed by atoms with E-state index < -0.39 is 0 Å². The quantitative estimate of drug-likeness (QED) is 0.713. The molecule has 2 nitrogen and oxygen atoms in total. The lowest BCUT2D eigenvalue weighted by Crippen LogP contribution is -2.18. The Bertz CT molecular complexity index is 265. The van der Waals surface area contributed by atoms with E-state index in [-0.39, 0.29) is 0 Å². The van der Waals surface area contributed by atoms with Crippen LogP contribution in [0, 0.1) is 6.92 Å². The Morgan fingerprint density at radius 1 is 1.06 bits per heavy atom. The fourth-order valence-corrected chi connectivity index (χ4v) is 1.64. The predicted molar refractivity (Wildman–Crippen MR) is 73.1 cm³/mol. The van der Waals surface area contributed by atoms with Crippen LogP contribution < -0.4 is 4.90 Å². The summed E-state index contributed by atoms with van der Waals surface area (Å²) < 4.78 is 0. The van der Waals surface area contributed by atoms with Crippen LogP contribution in [0.25, 0.3) is 0 Å². The van der Waals surface area contributed by atoms with E-state index in [1.165, 1.54) is 31.5 Å². The van der Waals surface area contributed by atoms with Crippen molar-refractivity contribution in [1.82, 2.24) is 4.98 Å². The van der Waals surface area contributed by atoms with Crippen LogP contribution in [-0.4, -0.2) is 18.1 Å². The van der Waals surface area contributed by atoms with Crippen molar-refractivity contribution in [3.63, 3.8) is 0 Å². The molecule has 2 heteroatoms. The van der Waals surface area contributed by atoms with Crippen LogP contribution in [0.15, 0.2) is 18.3 Å². The number of pyridine rings is 1. The van der Waals surface area contributed by atoms with Gasteiger partial charge in [-0.3, -0.25) is 0 Å². The van der Waals surface area contributed by atoms with Gasteiger partial charge in [-0.25, -0.2) is 4.98 Å². The van der Waals surface area contributed by atoms with E-state index in [4.69, 9.17) is 0 Å². The van der Waals surface area contributed by atoms with Crippen molar-refractivity contribution >= 4 is 5.82 Å². The number of aromatic nitrogens is 1. The molecule has 0 saturated carbocycles. The summed E-state index contributed by atoms with van der Waals surface area (Å²) in [6.07, 6.45) is 4.52. The number of anilines is 1. The first-order valence-electron chi connectivity index (χ1n) is 6.54. The third-order valence-corrected chi connectivity index (χ3v) is 2.33. The van der Waals surface area contributed by atoms with Crippen molar-refractivity contribution in [2.75, 3.05) is 18.0 Å². The summed E-state index contributed by atoms with van der Waals surface area (Å²) in [7, 11) is 0. The van der Waals surface area contributed by atoms with E-state index >= 15 is 0 Å². The Morgan fingerprint density at radius 2 is 1.62 bits per heavy atom. The third kappa shape index (κ3) is 4.65. The van der Waals surface area contributed by atoms with Crippen molar-refractivity contribution in [2.45, 2.75) is 47.5 Å². The van der Waals surface area contributed by atoms with Crippen LogP contribution in [0.2, 0.25) is 0 Å². The number of aryl methyl sites for hydroxylation is 1. The summed E-state index contributed by atoms with van der Waals surface area (Å²) >= 11 is 0. The van der Waals surface area contributed by atoms with Gasteiger partial charge in [0.25, 0.3) is 0 Å². The van der Waals surface area contributed by atoms with E-state index in [0.717, 1.165) is 5.82 Å². The predicted octanol–water partition coefficient (Wildman–Crippen LogP) is 4.04. The van der Waals surface area contributed by atoms with Gasteiger partial charge in [0.2, 0.25) is 0 Å². The molecule has 1 aliphatic rings. The first-order valence-corrected chi connectivity index (χ1v) is 6.54. The van der Waals surface area contributed by atoms with Crippen LogP contribution in [0.1, 0.15) is 46.1 Å². The molecule has 1 aliphatic heterocycles. The molecule has 0 radical (unpaired) electrons. The Hall–Kier alpha value is -1.05. The summed E-state index contributed by atoms with van der Waals surface area (Å²) in [5.74, 6) is 1.15. The van der Waals surface area contributed by atoms with E-state index in [0.29, 0.717) is 0 Å². The van der Waals surface area contributed by atoms with Gasteiger partial charge in [0, 0.05) is 19.3 Å². The highest BCUT2D eigenvalue weighted by Crippen LogP contribution is 2.17. The highest BCUT2D eigenvalue weighted by atomic mass is 15.2. The van der Waals surface area contributed by atoms with Gasteiger partial charge in [-0.2, -0.15) is 0 Å². The van der Waals surface area contributed by atoms with Crippen molar-refractivity contribution in [3.05, 3.63) is 23.9 Å². The van der Waals surface area contributed by atoms with Crippen molar-refractivity contribution in [1.29, 1.82) is 0 Å². The van der Waals surface area contributed by atoms with Gasteiger partial charge >= 0.3 is 0 Å². The average molecular weight is 222 g/mol. The molecule has 1 aromatic rings. The van der Waals surface area contributed by atoms with Gasteiger partial charge in [0.05, 0.1) is 0 Å². The van der Waals surface area contributed by atoms with Crippen LogP contribution in [0.3, 0.4) is 0 Å². The molecule has 1 saturated heterocycles. The Morgan fingerprint density at radius 3 is 2.12 bits per heavy atom. The van der Waals surface area contributed by atoms with Gasteiger partial charge in [-0.05, 0) is 37.5 Å². The SMILES string of the molecule is CC.CC.Cc1ccnc(N2CCCC2)c1. The molecule has 92 valence electrons. The van der Waals surface area contributed by atoms with Gasteiger partial charge in [0.1, 0.15) is 5.82 Å². The smallest absolute Gasteiger partial charge is 0.128 e. The van der Waals surface area contributed by atoms with Crippen LogP contribution in [-0.2, 0) is 0 Å². The molecule has 0 amide bonds. The van der Waals surface area contributed by atoms with Crippen LogP contribution in [0.5, 0.6) is 0 Å². The minimum absolute atomic E-state index is 1.15. The Labute approximate surface area is 101 Å². The summed E-state index contributed by atoms with van der Waals surface area (Å²) in [5, 5.41) is 0. The standard InChI is InChI=1S/C10H14N2.2C2H6/c1-9-4-5-11-10(8-9)12-6-2-3-7-12;2*1-2/h4-5,8H,2-3,6-7H2,1H3;2*1-2H3. The summed E-state index contributed by atoms with van der Waals surface area (Å²) in [6.45, 7) is 12.5. The van der Waals surface area contributed by atoms with Gasteiger partial charge in [-0.1, -0.05) is 27.7 Å². The van der Waals surface area contributed by atoms with Gasteiger partial charge < -0.3 is 4.90 Å². The molecule has 0 N–H and O–H groups in total. The van der Waals surface area contributed by atoms with Crippen LogP contribution in [0.4, 0.5) is 5.82 Å². The van der Waals surface area contributed by atoms with Crippen molar-refractivity contribution < 1.29 is 0 Å². The number of hydrogen-bond donors (Lipinski definition) is 0.